The highest BCUT2D eigenvalue weighted by Crippen LogP contribution is 2.22. The summed E-state index contributed by atoms with van der Waals surface area (Å²) < 4.78 is 0. The first-order chi connectivity index (χ1) is 10.2. The average molecular weight is 308 g/mol. The van der Waals surface area contributed by atoms with Gasteiger partial charge in [0.15, 0.2) is 0 Å². The van der Waals surface area contributed by atoms with E-state index in [1.165, 1.54) is 56.1 Å². The summed E-state index contributed by atoms with van der Waals surface area (Å²) in [5.74, 6) is 0. The van der Waals surface area contributed by atoms with Crippen LogP contribution < -0.4 is 5.32 Å². The molecule has 1 atom stereocenters. The van der Waals surface area contributed by atoms with Crippen molar-refractivity contribution in [2.24, 2.45) is 0 Å². The standard InChI is InChI=1S/C16H28N4S/c1-13(2)17-9-16-18-14(12-21-16)10-19-7-8-20-6-4-3-5-15(20)11-19/h12-13,15,17H,3-11H2,1-2H3. The average Bonchev–Trinajstić information content (AvgIpc) is 2.92. The Labute approximate surface area is 132 Å². The summed E-state index contributed by atoms with van der Waals surface area (Å²) in [6.07, 6.45) is 4.20. The minimum absolute atomic E-state index is 0.525. The summed E-state index contributed by atoms with van der Waals surface area (Å²) in [5.41, 5.74) is 1.25. The highest BCUT2D eigenvalue weighted by Gasteiger charge is 2.28. The van der Waals surface area contributed by atoms with Crippen molar-refractivity contribution in [3.63, 3.8) is 0 Å². The molecule has 0 spiro atoms. The van der Waals surface area contributed by atoms with Gasteiger partial charge in [0, 0.05) is 50.2 Å². The first-order valence-corrected chi connectivity index (χ1v) is 9.22. The van der Waals surface area contributed by atoms with Gasteiger partial charge in [0.05, 0.1) is 5.69 Å². The monoisotopic (exact) mass is 308 g/mol. The largest absolute Gasteiger partial charge is 0.308 e. The van der Waals surface area contributed by atoms with Crippen LogP contribution in [-0.2, 0) is 13.1 Å². The van der Waals surface area contributed by atoms with Crippen molar-refractivity contribution in [2.75, 3.05) is 26.2 Å². The van der Waals surface area contributed by atoms with E-state index in [1.54, 1.807) is 11.3 Å². The zero-order valence-electron chi connectivity index (χ0n) is 13.3. The third-order valence-corrected chi connectivity index (χ3v) is 5.47. The van der Waals surface area contributed by atoms with Crippen molar-refractivity contribution in [2.45, 2.75) is 58.3 Å². The van der Waals surface area contributed by atoms with E-state index >= 15 is 0 Å². The zero-order chi connectivity index (χ0) is 14.7. The fourth-order valence-corrected chi connectivity index (χ4v) is 4.12. The Morgan fingerprint density at radius 2 is 2.24 bits per heavy atom. The van der Waals surface area contributed by atoms with Gasteiger partial charge in [-0.15, -0.1) is 11.3 Å². The van der Waals surface area contributed by atoms with Crippen LogP contribution >= 0.6 is 11.3 Å². The van der Waals surface area contributed by atoms with Crippen molar-refractivity contribution in [3.05, 3.63) is 16.1 Å². The lowest BCUT2D eigenvalue weighted by molar-refractivity contribution is 0.0452. The van der Waals surface area contributed by atoms with Crippen molar-refractivity contribution in [1.82, 2.24) is 20.1 Å². The van der Waals surface area contributed by atoms with Gasteiger partial charge in [-0.05, 0) is 19.4 Å². The van der Waals surface area contributed by atoms with Crippen LogP contribution in [0, 0.1) is 0 Å². The number of thiazole rings is 1. The van der Waals surface area contributed by atoms with Crippen LogP contribution in [0.3, 0.4) is 0 Å². The fraction of sp³-hybridized carbons (Fsp3) is 0.812. The van der Waals surface area contributed by atoms with Gasteiger partial charge in [0.25, 0.3) is 0 Å². The van der Waals surface area contributed by atoms with Gasteiger partial charge in [0.1, 0.15) is 5.01 Å². The predicted molar refractivity (Wildman–Crippen MR) is 88.6 cm³/mol. The van der Waals surface area contributed by atoms with Gasteiger partial charge in [-0.25, -0.2) is 4.98 Å². The number of aromatic nitrogens is 1. The van der Waals surface area contributed by atoms with Crippen LogP contribution in [0.4, 0.5) is 0 Å². The van der Waals surface area contributed by atoms with Crippen molar-refractivity contribution >= 4 is 11.3 Å². The molecule has 0 bridgehead atoms. The number of nitrogens with zero attached hydrogens (tertiary/aromatic N) is 3. The molecule has 0 aromatic carbocycles. The number of hydrogen-bond acceptors (Lipinski definition) is 5. The molecule has 2 aliphatic rings. The molecule has 5 heteroatoms. The Morgan fingerprint density at radius 1 is 1.33 bits per heavy atom. The molecule has 3 heterocycles. The minimum Gasteiger partial charge on any atom is -0.308 e. The number of hydrogen-bond donors (Lipinski definition) is 1. The summed E-state index contributed by atoms with van der Waals surface area (Å²) in [7, 11) is 0. The van der Waals surface area contributed by atoms with E-state index in [-0.39, 0.29) is 0 Å². The molecule has 2 fully saturated rings. The molecule has 1 unspecified atom stereocenters. The van der Waals surface area contributed by atoms with Crippen LogP contribution in [0.1, 0.15) is 43.8 Å². The Balaban J connectivity index is 1.50. The highest BCUT2D eigenvalue weighted by molar-refractivity contribution is 7.09. The van der Waals surface area contributed by atoms with Gasteiger partial charge >= 0.3 is 0 Å². The Morgan fingerprint density at radius 3 is 3.10 bits per heavy atom. The molecule has 3 rings (SSSR count). The highest BCUT2D eigenvalue weighted by atomic mass is 32.1. The lowest BCUT2D eigenvalue weighted by Gasteiger charge is -2.43. The molecule has 4 nitrogen and oxygen atoms in total. The van der Waals surface area contributed by atoms with Gasteiger partial charge in [0.2, 0.25) is 0 Å². The molecule has 0 saturated carbocycles. The van der Waals surface area contributed by atoms with Gasteiger partial charge in [-0.1, -0.05) is 20.3 Å². The second-order valence-electron chi connectivity index (χ2n) is 6.69. The second kappa shape index (κ2) is 7.18. The number of piperidine rings is 1. The smallest absolute Gasteiger partial charge is 0.107 e. The topological polar surface area (TPSA) is 31.4 Å². The van der Waals surface area contributed by atoms with Crippen LogP contribution in [0.15, 0.2) is 5.38 Å². The van der Waals surface area contributed by atoms with Crippen molar-refractivity contribution < 1.29 is 0 Å². The van der Waals surface area contributed by atoms with Gasteiger partial charge < -0.3 is 5.32 Å². The van der Waals surface area contributed by atoms with Crippen LogP contribution in [-0.4, -0.2) is 53.0 Å². The third-order valence-electron chi connectivity index (χ3n) is 4.57. The summed E-state index contributed by atoms with van der Waals surface area (Å²) in [6.45, 7) is 11.3. The lowest BCUT2D eigenvalue weighted by Crippen LogP contribution is -2.54. The zero-order valence-corrected chi connectivity index (χ0v) is 14.2. The van der Waals surface area contributed by atoms with E-state index in [9.17, 15) is 0 Å². The number of piperazine rings is 1. The Hall–Kier alpha value is -0.490. The molecule has 0 radical (unpaired) electrons. The fourth-order valence-electron chi connectivity index (χ4n) is 3.39. The molecule has 2 aliphatic heterocycles. The SMILES string of the molecule is CC(C)NCc1nc(CN2CCN3CCCCC3C2)cs1. The first-order valence-electron chi connectivity index (χ1n) is 8.34. The molecule has 21 heavy (non-hydrogen) atoms. The molecular formula is C16H28N4S. The molecule has 118 valence electrons. The number of rotatable bonds is 5. The summed E-state index contributed by atoms with van der Waals surface area (Å²) in [4.78, 5) is 10.1. The van der Waals surface area contributed by atoms with Gasteiger partial charge in [-0.2, -0.15) is 0 Å². The molecule has 2 saturated heterocycles. The number of fused-ring (bicyclic) bond motifs is 1. The van der Waals surface area contributed by atoms with Crippen LogP contribution in [0.25, 0.3) is 0 Å². The van der Waals surface area contributed by atoms with Crippen LogP contribution in [0.2, 0.25) is 0 Å². The minimum atomic E-state index is 0.525. The maximum Gasteiger partial charge on any atom is 0.107 e. The van der Waals surface area contributed by atoms with E-state index < -0.39 is 0 Å². The summed E-state index contributed by atoms with van der Waals surface area (Å²) >= 11 is 1.79. The van der Waals surface area contributed by atoms with E-state index in [4.69, 9.17) is 4.98 Å². The maximum atomic E-state index is 4.78. The third kappa shape index (κ3) is 4.25. The Kier molecular flexibility index (Phi) is 5.27. The Bertz CT molecular complexity index is 445. The predicted octanol–water partition coefficient (Wildman–Crippen LogP) is 2.31. The molecular weight excluding hydrogens is 280 g/mol. The molecule has 1 aromatic rings. The van der Waals surface area contributed by atoms with E-state index in [2.05, 4.69) is 34.3 Å². The quantitative estimate of drug-likeness (QED) is 0.904. The molecule has 1 aromatic heterocycles. The second-order valence-corrected chi connectivity index (χ2v) is 7.63. The van der Waals surface area contributed by atoms with E-state index in [0.29, 0.717) is 6.04 Å². The van der Waals surface area contributed by atoms with Crippen molar-refractivity contribution in [1.29, 1.82) is 0 Å². The van der Waals surface area contributed by atoms with E-state index in [1.807, 2.05) is 0 Å². The van der Waals surface area contributed by atoms with Crippen LogP contribution in [0.5, 0.6) is 0 Å². The normalized spacial score (nSPS) is 24.4. The molecule has 0 aliphatic carbocycles. The van der Waals surface area contributed by atoms with E-state index in [0.717, 1.165) is 19.1 Å². The first kappa shape index (κ1) is 15.4. The van der Waals surface area contributed by atoms with Gasteiger partial charge in [-0.3, -0.25) is 9.80 Å². The van der Waals surface area contributed by atoms with Crippen molar-refractivity contribution in [3.8, 4) is 0 Å². The lowest BCUT2D eigenvalue weighted by atomic mass is 9.99. The number of nitrogens with one attached hydrogen (secondary N) is 1. The molecule has 1 N–H and O–H groups in total. The molecule has 0 amide bonds. The summed E-state index contributed by atoms with van der Waals surface area (Å²) in [6, 6.07) is 1.32. The summed E-state index contributed by atoms with van der Waals surface area (Å²) in [5, 5.41) is 6.90. The maximum absolute atomic E-state index is 4.78.